The molecule has 1 aromatic heterocycles. The van der Waals surface area contributed by atoms with E-state index in [-0.39, 0.29) is 12.5 Å². The summed E-state index contributed by atoms with van der Waals surface area (Å²) in [5.74, 6) is 1.35. The fraction of sp³-hybridized carbons (Fsp3) is 0.250. The Labute approximate surface area is 152 Å². The molecule has 0 radical (unpaired) electrons. The third-order valence-electron chi connectivity index (χ3n) is 3.76. The molecule has 0 spiro atoms. The number of benzene rings is 2. The molecule has 0 fully saturated rings. The third kappa shape index (κ3) is 4.69. The van der Waals surface area contributed by atoms with E-state index in [0.717, 1.165) is 18.4 Å². The maximum atomic E-state index is 12.5. The molecule has 134 valence electrons. The highest BCUT2D eigenvalue weighted by Crippen LogP contribution is 2.19. The molecule has 0 saturated heterocycles. The lowest BCUT2D eigenvalue weighted by Gasteiger charge is -2.10. The van der Waals surface area contributed by atoms with E-state index in [9.17, 15) is 4.79 Å². The van der Waals surface area contributed by atoms with Crippen LogP contribution >= 0.6 is 0 Å². The molecular weight excluding hydrogens is 330 g/mol. The normalized spacial score (nSPS) is 10.5. The predicted molar refractivity (Wildman–Crippen MR) is 96.7 cm³/mol. The minimum absolute atomic E-state index is 0.125. The van der Waals surface area contributed by atoms with Gasteiger partial charge in [0.05, 0.1) is 5.56 Å². The zero-order valence-corrected chi connectivity index (χ0v) is 14.6. The number of rotatable bonds is 8. The monoisotopic (exact) mass is 351 g/mol. The Bertz CT molecular complexity index is 846. The highest BCUT2D eigenvalue weighted by molar-refractivity contribution is 5.96. The number of amides is 1. The lowest BCUT2D eigenvalue weighted by molar-refractivity contribution is 0.0945. The summed E-state index contributed by atoms with van der Waals surface area (Å²) in [6, 6.07) is 16.9. The van der Waals surface area contributed by atoms with Crippen LogP contribution in [0.4, 0.5) is 0 Å². The number of aryl methyl sites for hydroxylation is 1. The van der Waals surface area contributed by atoms with Gasteiger partial charge in [-0.3, -0.25) is 4.79 Å². The molecule has 0 unspecified atom stereocenters. The van der Waals surface area contributed by atoms with Gasteiger partial charge in [0.2, 0.25) is 0 Å². The molecule has 26 heavy (non-hydrogen) atoms. The van der Waals surface area contributed by atoms with E-state index in [1.165, 1.54) is 0 Å². The molecule has 0 saturated carbocycles. The molecule has 6 heteroatoms. The first kappa shape index (κ1) is 17.7. The Hall–Kier alpha value is -3.15. The summed E-state index contributed by atoms with van der Waals surface area (Å²) < 4.78 is 10.9. The topological polar surface area (TPSA) is 77.2 Å². The van der Waals surface area contributed by atoms with Crippen molar-refractivity contribution in [1.82, 2.24) is 15.5 Å². The van der Waals surface area contributed by atoms with Crippen LogP contribution in [-0.2, 0) is 19.6 Å². The van der Waals surface area contributed by atoms with Gasteiger partial charge in [-0.25, -0.2) is 0 Å². The molecule has 0 aliphatic heterocycles. The van der Waals surface area contributed by atoms with Crippen LogP contribution in [0.25, 0.3) is 0 Å². The van der Waals surface area contributed by atoms with Gasteiger partial charge in [-0.1, -0.05) is 54.5 Å². The van der Waals surface area contributed by atoms with E-state index in [1.54, 1.807) is 18.2 Å². The van der Waals surface area contributed by atoms with E-state index in [2.05, 4.69) is 22.4 Å². The average molecular weight is 351 g/mol. The number of para-hydroxylation sites is 1. The maximum absolute atomic E-state index is 12.5. The maximum Gasteiger partial charge on any atom is 0.264 e. The average Bonchev–Trinajstić information content (AvgIpc) is 3.13. The van der Waals surface area contributed by atoms with Gasteiger partial charge in [-0.15, -0.1) is 0 Å². The smallest absolute Gasteiger partial charge is 0.264 e. The second-order valence-corrected chi connectivity index (χ2v) is 5.81. The van der Waals surface area contributed by atoms with Gasteiger partial charge in [0.1, 0.15) is 5.75 Å². The molecule has 1 amide bonds. The Morgan fingerprint density at radius 3 is 2.69 bits per heavy atom. The van der Waals surface area contributed by atoms with Crippen LogP contribution < -0.4 is 10.1 Å². The van der Waals surface area contributed by atoms with Crippen molar-refractivity contribution < 1.29 is 14.1 Å². The van der Waals surface area contributed by atoms with E-state index in [1.807, 2.05) is 36.4 Å². The van der Waals surface area contributed by atoms with Crippen molar-refractivity contribution >= 4 is 5.91 Å². The van der Waals surface area contributed by atoms with Crippen molar-refractivity contribution in [3.63, 3.8) is 0 Å². The molecule has 0 aliphatic carbocycles. The number of hydrogen-bond donors (Lipinski definition) is 1. The Morgan fingerprint density at radius 1 is 1.12 bits per heavy atom. The summed E-state index contributed by atoms with van der Waals surface area (Å²) in [5, 5.41) is 6.80. The van der Waals surface area contributed by atoms with Crippen LogP contribution in [0.3, 0.4) is 0 Å². The van der Waals surface area contributed by atoms with E-state index in [0.29, 0.717) is 29.6 Å². The highest BCUT2D eigenvalue weighted by atomic mass is 16.5. The lowest BCUT2D eigenvalue weighted by Crippen LogP contribution is -2.23. The van der Waals surface area contributed by atoms with Gasteiger partial charge in [-0.2, -0.15) is 4.98 Å². The first-order valence-corrected chi connectivity index (χ1v) is 8.61. The zero-order chi connectivity index (χ0) is 18.2. The van der Waals surface area contributed by atoms with Crippen LogP contribution in [0.15, 0.2) is 59.1 Å². The van der Waals surface area contributed by atoms with Crippen LogP contribution in [0.5, 0.6) is 5.75 Å². The molecule has 0 atom stereocenters. The van der Waals surface area contributed by atoms with E-state index in [4.69, 9.17) is 9.26 Å². The van der Waals surface area contributed by atoms with Gasteiger partial charge < -0.3 is 14.6 Å². The number of carbonyl (C=O) groups is 1. The second-order valence-electron chi connectivity index (χ2n) is 5.81. The highest BCUT2D eigenvalue weighted by Gasteiger charge is 2.13. The molecule has 1 N–H and O–H groups in total. The predicted octanol–water partition coefficient (Wildman–Crippen LogP) is 3.53. The van der Waals surface area contributed by atoms with Crippen LogP contribution in [0, 0.1) is 0 Å². The standard InChI is InChI=1S/C20H21N3O3/c1-2-8-18-22-19(26-23-18)14-25-17-12-7-6-11-16(17)20(24)21-13-15-9-4-3-5-10-15/h3-7,9-12H,2,8,13-14H2,1H3,(H,21,24). The number of nitrogens with one attached hydrogen (secondary N) is 1. The first-order valence-electron chi connectivity index (χ1n) is 8.61. The van der Waals surface area contributed by atoms with Crippen LogP contribution in [0.1, 0.15) is 41.0 Å². The Morgan fingerprint density at radius 2 is 1.88 bits per heavy atom. The summed E-state index contributed by atoms with van der Waals surface area (Å²) in [5.41, 5.74) is 1.50. The molecule has 0 bridgehead atoms. The van der Waals surface area contributed by atoms with E-state index < -0.39 is 0 Å². The molecule has 6 nitrogen and oxygen atoms in total. The minimum atomic E-state index is -0.193. The molecular formula is C20H21N3O3. The number of ether oxygens (including phenoxy) is 1. The van der Waals surface area contributed by atoms with E-state index >= 15 is 0 Å². The molecule has 1 heterocycles. The van der Waals surface area contributed by atoms with Gasteiger partial charge in [-0.05, 0) is 24.1 Å². The Kier molecular flexibility index (Phi) is 5.98. The quantitative estimate of drug-likeness (QED) is 0.672. The van der Waals surface area contributed by atoms with Gasteiger partial charge >= 0.3 is 0 Å². The van der Waals surface area contributed by atoms with Crippen molar-refractivity contribution in [3.8, 4) is 5.75 Å². The zero-order valence-electron chi connectivity index (χ0n) is 14.6. The van der Waals surface area contributed by atoms with Crippen LogP contribution in [0.2, 0.25) is 0 Å². The lowest BCUT2D eigenvalue weighted by atomic mass is 10.1. The second kappa shape index (κ2) is 8.80. The molecule has 3 aromatic rings. The summed E-state index contributed by atoms with van der Waals surface area (Å²) in [7, 11) is 0. The number of nitrogens with zero attached hydrogens (tertiary/aromatic N) is 2. The number of aromatic nitrogens is 2. The summed E-state index contributed by atoms with van der Waals surface area (Å²) in [6.07, 6.45) is 1.71. The SMILES string of the molecule is CCCc1noc(COc2ccccc2C(=O)NCc2ccccc2)n1. The fourth-order valence-corrected chi connectivity index (χ4v) is 2.47. The number of carbonyl (C=O) groups excluding carboxylic acids is 1. The fourth-order valence-electron chi connectivity index (χ4n) is 2.47. The van der Waals surface area contributed by atoms with Crippen molar-refractivity contribution in [2.24, 2.45) is 0 Å². The summed E-state index contributed by atoms with van der Waals surface area (Å²) in [4.78, 5) is 16.8. The van der Waals surface area contributed by atoms with Gasteiger partial charge in [0.15, 0.2) is 12.4 Å². The Balaban J connectivity index is 1.62. The van der Waals surface area contributed by atoms with Crippen molar-refractivity contribution in [3.05, 3.63) is 77.4 Å². The molecule has 0 aliphatic rings. The molecule has 3 rings (SSSR count). The largest absolute Gasteiger partial charge is 0.483 e. The van der Waals surface area contributed by atoms with Crippen molar-refractivity contribution in [1.29, 1.82) is 0 Å². The first-order chi connectivity index (χ1) is 12.8. The van der Waals surface area contributed by atoms with Gasteiger partial charge in [0.25, 0.3) is 11.8 Å². The van der Waals surface area contributed by atoms with Gasteiger partial charge in [0, 0.05) is 13.0 Å². The number of hydrogen-bond acceptors (Lipinski definition) is 5. The molecule has 2 aromatic carbocycles. The van der Waals surface area contributed by atoms with Crippen molar-refractivity contribution in [2.45, 2.75) is 32.9 Å². The van der Waals surface area contributed by atoms with Crippen molar-refractivity contribution in [2.75, 3.05) is 0 Å². The van der Waals surface area contributed by atoms with Crippen LogP contribution in [-0.4, -0.2) is 16.0 Å². The summed E-state index contributed by atoms with van der Waals surface area (Å²) >= 11 is 0. The minimum Gasteiger partial charge on any atom is -0.483 e. The summed E-state index contributed by atoms with van der Waals surface area (Å²) in [6.45, 7) is 2.63. The third-order valence-corrected chi connectivity index (χ3v) is 3.76.